The molecule has 4 atom stereocenters. The first-order valence-corrected chi connectivity index (χ1v) is 11.8. The molecule has 1 aliphatic carbocycles. The third-order valence-electron chi connectivity index (χ3n) is 7.28. The lowest BCUT2D eigenvalue weighted by Crippen LogP contribution is -2.50. The Bertz CT molecular complexity index is 1030. The number of fused-ring (bicyclic) bond motifs is 1. The molecule has 2 heterocycles. The van der Waals surface area contributed by atoms with Gasteiger partial charge in [0.25, 0.3) is 0 Å². The molecule has 10 heteroatoms. The number of amides is 1. The number of halogens is 3. The van der Waals surface area contributed by atoms with Crippen molar-refractivity contribution in [3.8, 4) is 5.75 Å². The molecule has 1 N–H and O–H groups in total. The lowest BCUT2D eigenvalue weighted by molar-refractivity contribution is -0.274. The van der Waals surface area contributed by atoms with Crippen LogP contribution in [0.25, 0.3) is 10.9 Å². The van der Waals surface area contributed by atoms with Crippen LogP contribution in [0.5, 0.6) is 5.75 Å². The zero-order valence-corrected chi connectivity index (χ0v) is 20.0. The first-order valence-electron chi connectivity index (χ1n) is 11.8. The van der Waals surface area contributed by atoms with Crippen LogP contribution >= 0.6 is 0 Å². The molecule has 1 saturated carbocycles. The Kier molecular flexibility index (Phi) is 6.89. The van der Waals surface area contributed by atoms with Crippen LogP contribution in [0.2, 0.25) is 0 Å². The predicted molar refractivity (Wildman–Crippen MR) is 123 cm³/mol. The largest absolute Gasteiger partial charge is 0.573 e. The van der Waals surface area contributed by atoms with E-state index in [-0.39, 0.29) is 17.7 Å². The highest BCUT2D eigenvalue weighted by atomic mass is 19.4. The van der Waals surface area contributed by atoms with Gasteiger partial charge in [0.1, 0.15) is 23.9 Å². The number of aromatic nitrogens is 2. The van der Waals surface area contributed by atoms with Gasteiger partial charge in [-0.1, -0.05) is 6.92 Å². The summed E-state index contributed by atoms with van der Waals surface area (Å²) in [6.07, 6.45) is 0.237. The minimum Gasteiger partial charge on any atom is -0.406 e. The smallest absolute Gasteiger partial charge is 0.406 e. The van der Waals surface area contributed by atoms with Crippen molar-refractivity contribution in [3.63, 3.8) is 0 Å². The lowest BCUT2D eigenvalue weighted by Gasteiger charge is -2.43. The van der Waals surface area contributed by atoms with Crippen LogP contribution in [0.1, 0.15) is 46.5 Å². The number of likely N-dealkylation sites (tertiary alicyclic amines) is 1. The van der Waals surface area contributed by atoms with Gasteiger partial charge in [-0.3, -0.25) is 4.79 Å². The van der Waals surface area contributed by atoms with Crippen molar-refractivity contribution in [2.75, 3.05) is 18.9 Å². The van der Waals surface area contributed by atoms with Gasteiger partial charge in [0.2, 0.25) is 5.91 Å². The second kappa shape index (κ2) is 9.56. The summed E-state index contributed by atoms with van der Waals surface area (Å²) in [5.74, 6) is 0.383. The number of rotatable bonds is 6. The fourth-order valence-corrected chi connectivity index (χ4v) is 5.28. The molecule has 0 unspecified atom stereocenters. The highest BCUT2D eigenvalue weighted by molar-refractivity contribution is 5.93. The van der Waals surface area contributed by atoms with Crippen molar-refractivity contribution >= 4 is 22.6 Å². The maximum absolute atomic E-state index is 13.3. The van der Waals surface area contributed by atoms with Gasteiger partial charge in [0.05, 0.1) is 5.52 Å². The van der Waals surface area contributed by atoms with Gasteiger partial charge in [0.15, 0.2) is 0 Å². The van der Waals surface area contributed by atoms with E-state index in [1.54, 1.807) is 0 Å². The van der Waals surface area contributed by atoms with Gasteiger partial charge in [-0.15, -0.1) is 13.2 Å². The molecule has 34 heavy (non-hydrogen) atoms. The second-order valence-corrected chi connectivity index (χ2v) is 9.74. The van der Waals surface area contributed by atoms with E-state index in [1.165, 1.54) is 24.5 Å². The predicted octanol–water partition coefficient (Wildman–Crippen LogP) is 4.44. The number of ether oxygens (including phenoxy) is 1. The third kappa shape index (κ3) is 5.21. The molecular formula is C24H32F3N5O2. The van der Waals surface area contributed by atoms with Gasteiger partial charge in [-0.2, -0.15) is 0 Å². The molecular weight excluding hydrogens is 447 g/mol. The average Bonchev–Trinajstić information content (AvgIpc) is 3.12. The third-order valence-corrected chi connectivity index (χ3v) is 7.28. The van der Waals surface area contributed by atoms with Gasteiger partial charge in [-0.05, 0) is 70.7 Å². The molecule has 4 rings (SSSR count). The number of nitrogens with zero attached hydrogens (tertiary/aromatic N) is 4. The summed E-state index contributed by atoms with van der Waals surface area (Å²) in [5.41, 5.74) is 0.468. The Balaban J connectivity index is 1.46. The van der Waals surface area contributed by atoms with Crippen molar-refractivity contribution in [3.05, 3.63) is 24.5 Å². The van der Waals surface area contributed by atoms with Crippen molar-refractivity contribution in [1.82, 2.24) is 19.8 Å². The number of carbonyl (C=O) groups excluding carboxylic acids is 1. The van der Waals surface area contributed by atoms with E-state index >= 15 is 0 Å². The summed E-state index contributed by atoms with van der Waals surface area (Å²) in [7, 11) is 2.17. The van der Waals surface area contributed by atoms with E-state index in [9.17, 15) is 18.0 Å². The first kappa shape index (κ1) is 24.5. The molecule has 1 aliphatic heterocycles. The van der Waals surface area contributed by atoms with Gasteiger partial charge >= 0.3 is 6.36 Å². The van der Waals surface area contributed by atoms with E-state index in [0.717, 1.165) is 19.3 Å². The Morgan fingerprint density at radius 1 is 1.21 bits per heavy atom. The summed E-state index contributed by atoms with van der Waals surface area (Å²) < 4.78 is 42.0. The number of benzene rings is 1. The quantitative estimate of drug-likeness (QED) is 0.661. The molecule has 0 radical (unpaired) electrons. The van der Waals surface area contributed by atoms with Crippen molar-refractivity contribution in [2.45, 2.75) is 77.0 Å². The lowest BCUT2D eigenvalue weighted by atomic mass is 9.81. The molecule has 2 fully saturated rings. The van der Waals surface area contributed by atoms with E-state index < -0.39 is 12.4 Å². The van der Waals surface area contributed by atoms with Crippen LogP contribution in [0.3, 0.4) is 0 Å². The molecule has 0 bridgehead atoms. The van der Waals surface area contributed by atoms with Crippen LogP contribution in [-0.4, -0.2) is 69.8 Å². The standard InChI is InChI=1S/C24H32F3N5O2/c1-14(2)31(4)16-5-8-21(15(3)11-16)32-10-9-20(23(32)33)30-22-18-12-17(34-24(25,26)27)6-7-19(18)28-13-29-22/h6-7,12-16,20-21H,5,8-11H2,1-4H3,(H,28,29,30)/t15-,16-,20+,21+/m1/s1. The molecule has 0 spiro atoms. The Hall–Kier alpha value is -2.62. The SMILES string of the molecule is CC(C)N(C)[C@@H]1CC[C@H](N2CC[C@H](Nc3ncnc4ccc(OC(F)(F)F)cc34)C2=O)[C@H](C)C1. The maximum atomic E-state index is 13.3. The fraction of sp³-hybridized carbons (Fsp3) is 0.625. The van der Waals surface area contributed by atoms with Crippen LogP contribution < -0.4 is 10.1 Å². The highest BCUT2D eigenvalue weighted by Crippen LogP contribution is 2.35. The number of hydrogen-bond donors (Lipinski definition) is 1. The average molecular weight is 480 g/mol. The fourth-order valence-electron chi connectivity index (χ4n) is 5.28. The molecule has 1 aromatic carbocycles. The number of carbonyl (C=O) groups is 1. The van der Waals surface area contributed by atoms with Crippen LogP contribution in [0.4, 0.5) is 19.0 Å². The zero-order valence-electron chi connectivity index (χ0n) is 20.0. The van der Waals surface area contributed by atoms with Crippen molar-refractivity contribution in [1.29, 1.82) is 0 Å². The summed E-state index contributed by atoms with van der Waals surface area (Å²) in [6.45, 7) is 7.28. The number of hydrogen-bond acceptors (Lipinski definition) is 6. The van der Waals surface area contributed by atoms with E-state index in [4.69, 9.17) is 0 Å². The molecule has 7 nitrogen and oxygen atoms in total. The van der Waals surface area contributed by atoms with Crippen molar-refractivity contribution in [2.24, 2.45) is 5.92 Å². The van der Waals surface area contributed by atoms with Gasteiger partial charge in [0, 0.05) is 30.1 Å². The molecule has 1 amide bonds. The molecule has 2 aromatic rings. The highest BCUT2D eigenvalue weighted by Gasteiger charge is 2.41. The van der Waals surface area contributed by atoms with E-state index in [2.05, 4.69) is 52.7 Å². The summed E-state index contributed by atoms with van der Waals surface area (Å²) in [4.78, 5) is 26.0. The van der Waals surface area contributed by atoms with Crippen molar-refractivity contribution < 1.29 is 22.7 Å². The second-order valence-electron chi connectivity index (χ2n) is 9.74. The minimum absolute atomic E-state index is 0.0157. The van der Waals surface area contributed by atoms with E-state index in [1.807, 2.05) is 4.90 Å². The number of nitrogens with one attached hydrogen (secondary N) is 1. The van der Waals surface area contributed by atoms with Gasteiger partial charge in [-0.25, -0.2) is 9.97 Å². The first-order chi connectivity index (χ1) is 16.0. The van der Waals surface area contributed by atoms with E-state index in [0.29, 0.717) is 47.7 Å². The Morgan fingerprint density at radius 2 is 1.97 bits per heavy atom. The summed E-state index contributed by atoms with van der Waals surface area (Å²) >= 11 is 0. The van der Waals surface area contributed by atoms with Crippen LogP contribution in [0.15, 0.2) is 24.5 Å². The van der Waals surface area contributed by atoms with Crippen LogP contribution in [0, 0.1) is 5.92 Å². The summed E-state index contributed by atoms with van der Waals surface area (Å²) in [5, 5.41) is 3.54. The molecule has 186 valence electrons. The Morgan fingerprint density at radius 3 is 2.65 bits per heavy atom. The summed E-state index contributed by atoms with van der Waals surface area (Å²) in [6, 6.07) is 4.64. The van der Waals surface area contributed by atoms with Crippen LogP contribution in [-0.2, 0) is 4.79 Å². The normalized spacial score (nSPS) is 26.0. The topological polar surface area (TPSA) is 70.6 Å². The minimum atomic E-state index is -4.79. The molecule has 1 saturated heterocycles. The molecule has 1 aromatic heterocycles. The molecule has 2 aliphatic rings. The number of alkyl halides is 3. The van der Waals surface area contributed by atoms with Gasteiger partial charge < -0.3 is 19.9 Å². The Labute approximate surface area is 197 Å². The monoisotopic (exact) mass is 479 g/mol. The number of anilines is 1. The maximum Gasteiger partial charge on any atom is 0.573 e. The zero-order chi connectivity index (χ0) is 24.6.